The molecule has 1 fully saturated rings. The summed E-state index contributed by atoms with van der Waals surface area (Å²) >= 11 is 0. The molecular weight excluding hydrogens is 200 g/mol. The summed E-state index contributed by atoms with van der Waals surface area (Å²) in [5, 5.41) is -0.740. The van der Waals surface area contributed by atoms with Crippen LogP contribution in [0, 0.1) is 5.41 Å². The minimum absolute atomic E-state index is 0.128. The number of ketones is 1. The van der Waals surface area contributed by atoms with Crippen LogP contribution < -0.4 is 0 Å². The van der Waals surface area contributed by atoms with E-state index in [0.29, 0.717) is 12.8 Å². The molecule has 1 heterocycles. The minimum Gasteiger partial charge on any atom is -0.298 e. The summed E-state index contributed by atoms with van der Waals surface area (Å²) in [5.41, 5.74) is -0.547. The molecule has 82 valence electrons. The van der Waals surface area contributed by atoms with Crippen molar-refractivity contribution in [2.24, 2.45) is 5.41 Å². The molecule has 0 aromatic carbocycles. The van der Waals surface area contributed by atoms with E-state index < -0.39 is 20.5 Å². The SMILES string of the molecule is CC(C)(C)C(=O)C1CCCCS1(=O)=O. The van der Waals surface area contributed by atoms with E-state index in [1.807, 2.05) is 0 Å². The Hall–Kier alpha value is -0.380. The third-order valence-electron chi connectivity index (χ3n) is 2.61. The fourth-order valence-electron chi connectivity index (χ4n) is 1.73. The Bertz CT molecular complexity index is 322. The summed E-state index contributed by atoms with van der Waals surface area (Å²) < 4.78 is 23.3. The van der Waals surface area contributed by atoms with Gasteiger partial charge in [-0.05, 0) is 12.8 Å². The van der Waals surface area contributed by atoms with Crippen LogP contribution in [-0.2, 0) is 14.6 Å². The number of carbonyl (C=O) groups excluding carboxylic acids is 1. The predicted octanol–water partition coefficient (Wildman–Crippen LogP) is 1.57. The summed E-state index contributed by atoms with van der Waals surface area (Å²) in [6.45, 7) is 5.33. The summed E-state index contributed by atoms with van der Waals surface area (Å²) in [4.78, 5) is 11.9. The van der Waals surface area contributed by atoms with Crippen LogP contribution in [0.3, 0.4) is 0 Å². The van der Waals surface area contributed by atoms with E-state index in [4.69, 9.17) is 0 Å². The standard InChI is InChI=1S/C10H18O3S/c1-10(2,3)9(11)8-6-4-5-7-14(8,12)13/h8H,4-7H2,1-3H3. The molecule has 1 saturated heterocycles. The third-order valence-corrected chi connectivity index (χ3v) is 4.78. The Kier molecular flexibility index (Phi) is 3.04. The quantitative estimate of drug-likeness (QED) is 0.671. The van der Waals surface area contributed by atoms with Gasteiger partial charge < -0.3 is 0 Å². The van der Waals surface area contributed by atoms with Gasteiger partial charge in [0.05, 0.1) is 5.75 Å². The lowest BCUT2D eigenvalue weighted by Gasteiger charge is -2.27. The van der Waals surface area contributed by atoms with Crippen molar-refractivity contribution in [1.29, 1.82) is 0 Å². The van der Waals surface area contributed by atoms with Crippen LogP contribution in [0.5, 0.6) is 0 Å². The van der Waals surface area contributed by atoms with Crippen molar-refractivity contribution >= 4 is 15.6 Å². The van der Waals surface area contributed by atoms with Gasteiger partial charge in [0.15, 0.2) is 15.6 Å². The fourth-order valence-corrected chi connectivity index (χ4v) is 3.83. The molecular formula is C10H18O3S. The highest BCUT2D eigenvalue weighted by molar-refractivity contribution is 7.92. The number of hydrogen-bond donors (Lipinski definition) is 0. The highest BCUT2D eigenvalue weighted by Gasteiger charge is 2.39. The van der Waals surface area contributed by atoms with Gasteiger partial charge in [-0.2, -0.15) is 0 Å². The molecule has 0 spiro atoms. The van der Waals surface area contributed by atoms with Gasteiger partial charge in [0, 0.05) is 5.41 Å². The Morgan fingerprint density at radius 3 is 2.21 bits per heavy atom. The average Bonchev–Trinajstić information content (AvgIpc) is 2.00. The van der Waals surface area contributed by atoms with Gasteiger partial charge in [-0.3, -0.25) is 4.79 Å². The summed E-state index contributed by atoms with van der Waals surface area (Å²) in [6.07, 6.45) is 2.07. The second-order valence-corrected chi connectivity index (χ2v) is 7.27. The van der Waals surface area contributed by atoms with Crippen molar-refractivity contribution in [2.75, 3.05) is 5.75 Å². The zero-order valence-electron chi connectivity index (χ0n) is 9.04. The third kappa shape index (κ3) is 2.35. The van der Waals surface area contributed by atoms with Crippen molar-refractivity contribution in [3.8, 4) is 0 Å². The molecule has 0 aromatic rings. The van der Waals surface area contributed by atoms with Crippen molar-refractivity contribution < 1.29 is 13.2 Å². The lowest BCUT2D eigenvalue weighted by atomic mass is 9.87. The molecule has 0 bridgehead atoms. The van der Waals surface area contributed by atoms with E-state index in [1.165, 1.54) is 0 Å². The number of rotatable bonds is 1. The number of Topliss-reactive ketones (excluding diaryl/α,β-unsaturated/α-hetero) is 1. The second kappa shape index (κ2) is 3.65. The van der Waals surface area contributed by atoms with Gasteiger partial charge >= 0.3 is 0 Å². The fraction of sp³-hybridized carbons (Fsp3) is 0.900. The van der Waals surface area contributed by atoms with E-state index >= 15 is 0 Å². The second-order valence-electron chi connectivity index (χ2n) is 4.97. The molecule has 3 nitrogen and oxygen atoms in total. The Balaban J connectivity index is 2.92. The number of carbonyl (C=O) groups is 1. The first-order chi connectivity index (χ1) is 6.25. The van der Waals surface area contributed by atoms with Gasteiger partial charge in [-0.25, -0.2) is 8.42 Å². The molecule has 0 aromatic heterocycles. The van der Waals surface area contributed by atoms with Crippen molar-refractivity contribution in [3.63, 3.8) is 0 Å². The summed E-state index contributed by atoms with van der Waals surface area (Å²) in [5.74, 6) is 0.0525. The first kappa shape index (κ1) is 11.7. The van der Waals surface area contributed by atoms with Crippen LogP contribution in [0.1, 0.15) is 40.0 Å². The first-order valence-corrected chi connectivity index (χ1v) is 6.72. The summed E-state index contributed by atoms with van der Waals surface area (Å²) in [7, 11) is -3.16. The van der Waals surface area contributed by atoms with E-state index in [2.05, 4.69) is 0 Å². The lowest BCUT2D eigenvalue weighted by molar-refractivity contribution is -0.126. The molecule has 14 heavy (non-hydrogen) atoms. The topological polar surface area (TPSA) is 51.2 Å². The predicted molar refractivity (Wildman–Crippen MR) is 55.9 cm³/mol. The van der Waals surface area contributed by atoms with Crippen molar-refractivity contribution in [1.82, 2.24) is 0 Å². The van der Waals surface area contributed by atoms with E-state index in [9.17, 15) is 13.2 Å². The molecule has 0 aliphatic carbocycles. The average molecular weight is 218 g/mol. The largest absolute Gasteiger partial charge is 0.298 e. The monoisotopic (exact) mass is 218 g/mol. The van der Waals surface area contributed by atoms with Crippen LogP contribution in [0.25, 0.3) is 0 Å². The van der Waals surface area contributed by atoms with Gasteiger partial charge in [0.25, 0.3) is 0 Å². The van der Waals surface area contributed by atoms with Gasteiger partial charge in [-0.15, -0.1) is 0 Å². The van der Waals surface area contributed by atoms with E-state index in [-0.39, 0.29) is 11.5 Å². The van der Waals surface area contributed by atoms with Crippen LogP contribution in [-0.4, -0.2) is 25.2 Å². The van der Waals surface area contributed by atoms with Crippen molar-refractivity contribution in [3.05, 3.63) is 0 Å². The Morgan fingerprint density at radius 2 is 1.79 bits per heavy atom. The molecule has 0 saturated carbocycles. The maximum Gasteiger partial charge on any atom is 0.160 e. The maximum atomic E-state index is 11.9. The van der Waals surface area contributed by atoms with Crippen LogP contribution in [0.15, 0.2) is 0 Å². The normalized spacial score (nSPS) is 27.2. The van der Waals surface area contributed by atoms with Crippen LogP contribution >= 0.6 is 0 Å². The molecule has 0 amide bonds. The molecule has 0 N–H and O–H groups in total. The zero-order chi connectivity index (χ0) is 11.0. The first-order valence-electron chi connectivity index (χ1n) is 5.01. The van der Waals surface area contributed by atoms with Gasteiger partial charge in [-0.1, -0.05) is 27.2 Å². The van der Waals surface area contributed by atoms with Crippen molar-refractivity contribution in [2.45, 2.75) is 45.3 Å². The van der Waals surface area contributed by atoms with E-state index in [1.54, 1.807) is 20.8 Å². The molecule has 1 rings (SSSR count). The highest BCUT2D eigenvalue weighted by atomic mass is 32.2. The highest BCUT2D eigenvalue weighted by Crippen LogP contribution is 2.27. The van der Waals surface area contributed by atoms with Gasteiger partial charge in [0.1, 0.15) is 5.25 Å². The summed E-state index contributed by atoms with van der Waals surface area (Å²) in [6, 6.07) is 0. The molecule has 4 heteroatoms. The Morgan fingerprint density at radius 1 is 1.21 bits per heavy atom. The molecule has 1 atom stereocenters. The maximum absolute atomic E-state index is 11.9. The van der Waals surface area contributed by atoms with E-state index in [0.717, 1.165) is 6.42 Å². The van der Waals surface area contributed by atoms with Gasteiger partial charge in [0.2, 0.25) is 0 Å². The van der Waals surface area contributed by atoms with Crippen LogP contribution in [0.2, 0.25) is 0 Å². The number of hydrogen-bond acceptors (Lipinski definition) is 3. The molecule has 1 aliphatic rings. The lowest BCUT2D eigenvalue weighted by Crippen LogP contribution is -2.41. The Labute approximate surface area is 85.8 Å². The number of sulfone groups is 1. The molecule has 1 unspecified atom stereocenters. The smallest absolute Gasteiger partial charge is 0.160 e. The molecule has 0 radical (unpaired) electrons. The molecule has 1 aliphatic heterocycles. The minimum atomic E-state index is -3.16. The zero-order valence-corrected chi connectivity index (χ0v) is 9.86. The van der Waals surface area contributed by atoms with Crippen LogP contribution in [0.4, 0.5) is 0 Å².